The smallest absolute Gasteiger partial charge is 0.256 e. The van der Waals surface area contributed by atoms with Crippen molar-refractivity contribution in [3.63, 3.8) is 0 Å². The topological polar surface area (TPSA) is 62.8 Å². The first kappa shape index (κ1) is 18.1. The molecule has 0 spiro atoms. The molecule has 0 saturated heterocycles. The molecule has 0 saturated carbocycles. The van der Waals surface area contributed by atoms with Gasteiger partial charge in [-0.05, 0) is 50.6 Å². The predicted octanol–water partition coefficient (Wildman–Crippen LogP) is 3.39. The minimum absolute atomic E-state index is 0.00245. The largest absolute Gasteiger partial charge is 0.490 e. The van der Waals surface area contributed by atoms with Gasteiger partial charge in [0.1, 0.15) is 11.2 Å². The van der Waals surface area contributed by atoms with Gasteiger partial charge in [0, 0.05) is 18.0 Å². The summed E-state index contributed by atoms with van der Waals surface area (Å²) in [6.07, 6.45) is 0.646. The zero-order valence-corrected chi connectivity index (χ0v) is 16.7. The SMILES string of the molecule is CCOc1ccc([C@H]2NC(=O)c3c(sc4c3CCN(C)C4)N2)cc1OCC. The van der Waals surface area contributed by atoms with Crippen molar-refractivity contribution in [3.05, 3.63) is 39.8 Å². The van der Waals surface area contributed by atoms with E-state index in [1.807, 2.05) is 32.0 Å². The van der Waals surface area contributed by atoms with Crippen LogP contribution in [0.2, 0.25) is 0 Å². The highest BCUT2D eigenvalue weighted by molar-refractivity contribution is 7.16. The molecule has 144 valence electrons. The van der Waals surface area contributed by atoms with Crippen LogP contribution in [0.3, 0.4) is 0 Å². The second-order valence-corrected chi connectivity index (χ2v) is 7.92. The van der Waals surface area contributed by atoms with Gasteiger partial charge >= 0.3 is 0 Å². The minimum atomic E-state index is -0.280. The number of thiophene rings is 1. The van der Waals surface area contributed by atoms with Crippen LogP contribution in [0.1, 0.15) is 46.4 Å². The molecule has 27 heavy (non-hydrogen) atoms. The molecule has 2 aromatic rings. The Hall–Kier alpha value is -2.25. The summed E-state index contributed by atoms with van der Waals surface area (Å²) < 4.78 is 11.4. The van der Waals surface area contributed by atoms with E-state index in [9.17, 15) is 4.79 Å². The molecular weight excluding hydrogens is 362 g/mol. The Balaban J connectivity index is 1.64. The number of carbonyl (C=O) groups is 1. The van der Waals surface area contributed by atoms with E-state index < -0.39 is 0 Å². The lowest BCUT2D eigenvalue weighted by Crippen LogP contribution is -2.38. The quantitative estimate of drug-likeness (QED) is 0.823. The maximum Gasteiger partial charge on any atom is 0.256 e. The molecule has 0 radical (unpaired) electrons. The summed E-state index contributed by atoms with van der Waals surface area (Å²) in [5, 5.41) is 7.58. The number of rotatable bonds is 5. The molecule has 4 rings (SSSR count). The fourth-order valence-electron chi connectivity index (χ4n) is 3.66. The van der Waals surface area contributed by atoms with Gasteiger partial charge < -0.3 is 25.0 Å². The number of hydrogen-bond acceptors (Lipinski definition) is 6. The van der Waals surface area contributed by atoms with Gasteiger partial charge in [-0.15, -0.1) is 11.3 Å². The number of likely N-dealkylation sites (N-methyl/N-ethyl adjacent to an activating group) is 1. The van der Waals surface area contributed by atoms with Crippen molar-refractivity contribution in [2.75, 3.05) is 32.1 Å². The van der Waals surface area contributed by atoms with Gasteiger partial charge in [-0.3, -0.25) is 4.79 Å². The zero-order chi connectivity index (χ0) is 19.0. The molecule has 0 bridgehead atoms. The molecule has 2 aliphatic heterocycles. The Morgan fingerprint density at radius 2 is 1.96 bits per heavy atom. The van der Waals surface area contributed by atoms with Crippen LogP contribution in [-0.2, 0) is 13.0 Å². The maximum absolute atomic E-state index is 12.8. The highest BCUT2D eigenvalue weighted by Gasteiger charge is 2.33. The fraction of sp³-hybridized carbons (Fsp3) is 0.450. The van der Waals surface area contributed by atoms with E-state index in [2.05, 4.69) is 22.6 Å². The third-order valence-electron chi connectivity index (χ3n) is 4.93. The van der Waals surface area contributed by atoms with Crippen molar-refractivity contribution in [2.24, 2.45) is 0 Å². The van der Waals surface area contributed by atoms with Crippen molar-refractivity contribution >= 4 is 22.2 Å². The van der Waals surface area contributed by atoms with Crippen molar-refractivity contribution < 1.29 is 14.3 Å². The molecule has 3 heterocycles. The first-order chi connectivity index (χ1) is 13.1. The number of fused-ring (bicyclic) bond motifs is 3. The lowest BCUT2D eigenvalue weighted by molar-refractivity contribution is 0.0934. The third-order valence-corrected chi connectivity index (χ3v) is 6.07. The number of nitrogens with one attached hydrogen (secondary N) is 2. The van der Waals surface area contributed by atoms with E-state index in [-0.39, 0.29) is 12.1 Å². The van der Waals surface area contributed by atoms with Crippen molar-refractivity contribution in [1.82, 2.24) is 10.2 Å². The molecule has 6 nitrogen and oxygen atoms in total. The van der Waals surface area contributed by atoms with Crippen LogP contribution in [-0.4, -0.2) is 37.6 Å². The van der Waals surface area contributed by atoms with E-state index in [0.29, 0.717) is 19.0 Å². The van der Waals surface area contributed by atoms with Crippen LogP contribution in [0.5, 0.6) is 11.5 Å². The summed E-state index contributed by atoms with van der Waals surface area (Å²) in [5.41, 5.74) is 2.98. The number of hydrogen-bond donors (Lipinski definition) is 2. The van der Waals surface area contributed by atoms with Gasteiger partial charge in [0.25, 0.3) is 5.91 Å². The predicted molar refractivity (Wildman–Crippen MR) is 107 cm³/mol. The zero-order valence-electron chi connectivity index (χ0n) is 15.9. The Labute approximate surface area is 163 Å². The van der Waals surface area contributed by atoms with E-state index in [0.717, 1.165) is 41.4 Å². The van der Waals surface area contributed by atoms with Gasteiger partial charge in [0.15, 0.2) is 11.5 Å². The first-order valence-corrected chi connectivity index (χ1v) is 10.2. The number of benzene rings is 1. The van der Waals surface area contributed by atoms with Gasteiger partial charge in [0.05, 0.1) is 18.8 Å². The number of ether oxygens (including phenoxy) is 2. The fourth-order valence-corrected chi connectivity index (χ4v) is 5.01. The van der Waals surface area contributed by atoms with Crippen molar-refractivity contribution in [2.45, 2.75) is 33.0 Å². The van der Waals surface area contributed by atoms with Crippen molar-refractivity contribution in [3.8, 4) is 11.5 Å². The monoisotopic (exact) mass is 387 g/mol. The molecule has 0 unspecified atom stereocenters. The number of amides is 1. The number of carbonyl (C=O) groups excluding carboxylic acids is 1. The summed E-state index contributed by atoms with van der Waals surface area (Å²) in [6.45, 7) is 6.93. The highest BCUT2D eigenvalue weighted by Crippen LogP contribution is 2.41. The molecule has 2 aliphatic rings. The van der Waals surface area contributed by atoms with Crippen LogP contribution in [0.15, 0.2) is 18.2 Å². The average molecular weight is 388 g/mol. The normalized spacial score (nSPS) is 18.9. The summed E-state index contributed by atoms with van der Waals surface area (Å²) in [4.78, 5) is 16.4. The molecule has 0 fully saturated rings. The minimum Gasteiger partial charge on any atom is -0.490 e. The number of anilines is 1. The van der Waals surface area contributed by atoms with E-state index >= 15 is 0 Å². The molecule has 1 amide bonds. The second-order valence-electron chi connectivity index (χ2n) is 6.82. The Kier molecular flexibility index (Phi) is 4.97. The van der Waals surface area contributed by atoms with Crippen LogP contribution in [0.4, 0.5) is 5.00 Å². The molecule has 1 aromatic heterocycles. The molecule has 7 heteroatoms. The van der Waals surface area contributed by atoms with Gasteiger partial charge in [-0.1, -0.05) is 6.07 Å². The van der Waals surface area contributed by atoms with Crippen LogP contribution >= 0.6 is 11.3 Å². The lowest BCUT2D eigenvalue weighted by atomic mass is 10.0. The maximum atomic E-state index is 12.8. The standard InChI is InChI=1S/C20H25N3O3S/c1-4-25-14-7-6-12(10-15(14)26-5-2)18-21-19(24)17-13-8-9-23(3)11-16(13)27-20(17)22-18/h6-7,10,18,22H,4-5,8-9,11H2,1-3H3,(H,21,24)/t18-/m0/s1. The summed E-state index contributed by atoms with van der Waals surface area (Å²) >= 11 is 1.70. The Morgan fingerprint density at radius 1 is 1.19 bits per heavy atom. The van der Waals surface area contributed by atoms with E-state index in [1.54, 1.807) is 11.3 Å². The Morgan fingerprint density at radius 3 is 2.74 bits per heavy atom. The summed E-state index contributed by atoms with van der Waals surface area (Å²) in [7, 11) is 2.12. The molecule has 0 aliphatic carbocycles. The number of nitrogens with zero attached hydrogens (tertiary/aromatic N) is 1. The summed E-state index contributed by atoms with van der Waals surface area (Å²) in [5.74, 6) is 1.42. The molecule has 1 atom stereocenters. The summed E-state index contributed by atoms with van der Waals surface area (Å²) in [6, 6.07) is 5.82. The first-order valence-electron chi connectivity index (χ1n) is 9.40. The highest BCUT2D eigenvalue weighted by atomic mass is 32.1. The lowest BCUT2D eigenvalue weighted by Gasteiger charge is -2.28. The van der Waals surface area contributed by atoms with E-state index in [1.165, 1.54) is 10.4 Å². The van der Waals surface area contributed by atoms with Crippen LogP contribution in [0.25, 0.3) is 0 Å². The van der Waals surface area contributed by atoms with Gasteiger partial charge in [-0.25, -0.2) is 0 Å². The third kappa shape index (κ3) is 3.37. The molecular formula is C20H25N3O3S. The average Bonchev–Trinajstić information content (AvgIpc) is 3.01. The molecule has 2 N–H and O–H groups in total. The van der Waals surface area contributed by atoms with Crippen molar-refractivity contribution in [1.29, 1.82) is 0 Å². The molecule has 1 aromatic carbocycles. The second kappa shape index (κ2) is 7.40. The van der Waals surface area contributed by atoms with Gasteiger partial charge in [0.2, 0.25) is 0 Å². The van der Waals surface area contributed by atoms with Crippen LogP contribution < -0.4 is 20.1 Å². The Bertz CT molecular complexity index is 864. The van der Waals surface area contributed by atoms with Gasteiger partial charge in [-0.2, -0.15) is 0 Å². The van der Waals surface area contributed by atoms with Crippen LogP contribution in [0, 0.1) is 0 Å². The van der Waals surface area contributed by atoms with E-state index in [4.69, 9.17) is 9.47 Å².